The molecule has 1 aromatic rings. The molecule has 2 saturated heterocycles. The smallest absolute Gasteiger partial charge is 0.0397 e. The van der Waals surface area contributed by atoms with Crippen molar-refractivity contribution in [2.24, 2.45) is 5.41 Å². The standard InChI is InChI=1S/C16H25N3/c1-13-11-14(17)3-4-15(13)19-10-7-16(12-19)5-8-18(2)9-6-16/h3-4,11H,5-10,12,17H2,1-2H3. The van der Waals surface area contributed by atoms with Gasteiger partial charge in [0.25, 0.3) is 0 Å². The van der Waals surface area contributed by atoms with Crippen molar-refractivity contribution in [1.29, 1.82) is 0 Å². The number of nitrogen functional groups attached to an aromatic ring is 1. The van der Waals surface area contributed by atoms with Gasteiger partial charge in [-0.1, -0.05) is 0 Å². The lowest BCUT2D eigenvalue weighted by atomic mass is 9.78. The van der Waals surface area contributed by atoms with Crippen LogP contribution in [-0.2, 0) is 0 Å². The van der Waals surface area contributed by atoms with Crippen molar-refractivity contribution in [3.05, 3.63) is 23.8 Å². The Bertz CT molecular complexity index is 461. The first-order valence-corrected chi connectivity index (χ1v) is 7.38. The minimum Gasteiger partial charge on any atom is -0.399 e. The van der Waals surface area contributed by atoms with Crippen LogP contribution in [0.25, 0.3) is 0 Å². The molecule has 0 radical (unpaired) electrons. The van der Waals surface area contributed by atoms with Crippen LogP contribution < -0.4 is 10.6 Å². The Labute approximate surface area is 116 Å². The molecule has 19 heavy (non-hydrogen) atoms. The molecule has 0 atom stereocenters. The molecule has 3 rings (SSSR count). The predicted molar refractivity (Wildman–Crippen MR) is 81.6 cm³/mol. The molecule has 0 aliphatic carbocycles. The highest BCUT2D eigenvalue weighted by molar-refractivity contribution is 5.59. The predicted octanol–water partition coefficient (Wildman–Crippen LogP) is 2.50. The van der Waals surface area contributed by atoms with E-state index in [1.807, 2.05) is 6.07 Å². The average Bonchev–Trinajstić information content (AvgIpc) is 2.78. The fourth-order valence-electron chi connectivity index (χ4n) is 3.68. The largest absolute Gasteiger partial charge is 0.399 e. The maximum atomic E-state index is 5.85. The summed E-state index contributed by atoms with van der Waals surface area (Å²) < 4.78 is 0. The van der Waals surface area contributed by atoms with Crippen molar-refractivity contribution in [1.82, 2.24) is 4.90 Å². The first-order valence-electron chi connectivity index (χ1n) is 7.38. The Hall–Kier alpha value is -1.22. The van der Waals surface area contributed by atoms with Crippen LogP contribution in [0.4, 0.5) is 11.4 Å². The van der Waals surface area contributed by atoms with E-state index < -0.39 is 0 Å². The molecule has 0 saturated carbocycles. The van der Waals surface area contributed by atoms with Gasteiger partial charge in [0.1, 0.15) is 0 Å². The highest BCUT2D eigenvalue weighted by atomic mass is 15.2. The number of hydrogen-bond acceptors (Lipinski definition) is 3. The molecule has 2 aliphatic rings. The fraction of sp³-hybridized carbons (Fsp3) is 0.625. The number of anilines is 2. The third kappa shape index (κ3) is 2.44. The Morgan fingerprint density at radius 2 is 1.79 bits per heavy atom. The van der Waals surface area contributed by atoms with Crippen LogP contribution >= 0.6 is 0 Å². The molecule has 1 spiro atoms. The summed E-state index contributed by atoms with van der Waals surface area (Å²) in [6, 6.07) is 6.32. The van der Waals surface area contributed by atoms with Crippen molar-refractivity contribution >= 4 is 11.4 Å². The first kappa shape index (κ1) is 12.8. The molecule has 0 aromatic heterocycles. The molecule has 1 aromatic carbocycles. The van der Waals surface area contributed by atoms with E-state index in [1.165, 1.54) is 56.7 Å². The van der Waals surface area contributed by atoms with Gasteiger partial charge >= 0.3 is 0 Å². The summed E-state index contributed by atoms with van der Waals surface area (Å²) in [5.41, 5.74) is 9.98. The van der Waals surface area contributed by atoms with E-state index in [0.717, 1.165) is 5.69 Å². The molecular formula is C16H25N3. The highest BCUT2D eigenvalue weighted by Crippen LogP contribution is 2.42. The van der Waals surface area contributed by atoms with Gasteiger partial charge in [-0.05, 0) is 75.5 Å². The minimum atomic E-state index is 0.570. The lowest BCUT2D eigenvalue weighted by molar-refractivity contribution is 0.142. The number of aryl methyl sites for hydroxylation is 1. The second kappa shape index (κ2) is 4.71. The van der Waals surface area contributed by atoms with Crippen LogP contribution in [0, 0.1) is 12.3 Å². The lowest BCUT2D eigenvalue weighted by Crippen LogP contribution is -2.39. The van der Waals surface area contributed by atoms with E-state index >= 15 is 0 Å². The Balaban J connectivity index is 1.75. The summed E-state index contributed by atoms with van der Waals surface area (Å²) >= 11 is 0. The lowest BCUT2D eigenvalue weighted by Gasteiger charge is -2.38. The normalized spacial score (nSPS) is 23.2. The van der Waals surface area contributed by atoms with Crippen molar-refractivity contribution in [2.75, 3.05) is 43.9 Å². The average molecular weight is 259 g/mol. The monoisotopic (exact) mass is 259 g/mol. The van der Waals surface area contributed by atoms with Crippen molar-refractivity contribution in [2.45, 2.75) is 26.2 Å². The summed E-state index contributed by atoms with van der Waals surface area (Å²) in [6.45, 7) is 7.12. The molecule has 2 aliphatic heterocycles. The van der Waals surface area contributed by atoms with E-state index in [1.54, 1.807) is 0 Å². The number of nitrogens with zero attached hydrogens (tertiary/aromatic N) is 2. The van der Waals surface area contributed by atoms with Gasteiger partial charge < -0.3 is 15.5 Å². The van der Waals surface area contributed by atoms with Gasteiger partial charge in [0.05, 0.1) is 0 Å². The second-order valence-corrected chi connectivity index (χ2v) is 6.52. The number of benzene rings is 1. The number of likely N-dealkylation sites (tertiary alicyclic amines) is 1. The van der Waals surface area contributed by atoms with Crippen molar-refractivity contribution in [3.8, 4) is 0 Å². The molecule has 3 nitrogen and oxygen atoms in total. The SMILES string of the molecule is Cc1cc(N)ccc1N1CCC2(CCN(C)CC2)C1. The highest BCUT2D eigenvalue weighted by Gasteiger charge is 2.40. The van der Waals surface area contributed by atoms with E-state index in [4.69, 9.17) is 5.73 Å². The quantitative estimate of drug-likeness (QED) is 0.787. The Morgan fingerprint density at radius 1 is 1.11 bits per heavy atom. The van der Waals surface area contributed by atoms with Gasteiger partial charge in [-0.15, -0.1) is 0 Å². The zero-order valence-electron chi connectivity index (χ0n) is 12.2. The van der Waals surface area contributed by atoms with Gasteiger partial charge in [-0.2, -0.15) is 0 Å². The molecule has 0 bridgehead atoms. The van der Waals surface area contributed by atoms with Crippen LogP contribution in [0.1, 0.15) is 24.8 Å². The third-order valence-corrected chi connectivity index (χ3v) is 5.05. The van der Waals surface area contributed by atoms with Crippen LogP contribution in [0.3, 0.4) is 0 Å². The number of hydrogen-bond donors (Lipinski definition) is 1. The number of nitrogens with two attached hydrogens (primary N) is 1. The third-order valence-electron chi connectivity index (χ3n) is 5.05. The van der Waals surface area contributed by atoms with E-state index in [2.05, 4.69) is 35.9 Å². The Morgan fingerprint density at radius 3 is 2.47 bits per heavy atom. The van der Waals surface area contributed by atoms with Gasteiger partial charge in [0, 0.05) is 24.5 Å². The summed E-state index contributed by atoms with van der Waals surface area (Å²) in [5, 5.41) is 0. The minimum absolute atomic E-state index is 0.570. The van der Waals surface area contributed by atoms with Crippen molar-refractivity contribution < 1.29 is 0 Å². The molecule has 3 heteroatoms. The van der Waals surface area contributed by atoms with Gasteiger partial charge in [0.2, 0.25) is 0 Å². The van der Waals surface area contributed by atoms with Crippen LogP contribution in [-0.4, -0.2) is 38.1 Å². The first-order chi connectivity index (χ1) is 9.08. The molecule has 2 fully saturated rings. The van der Waals surface area contributed by atoms with E-state index in [9.17, 15) is 0 Å². The van der Waals surface area contributed by atoms with Crippen LogP contribution in [0.2, 0.25) is 0 Å². The van der Waals surface area contributed by atoms with Gasteiger partial charge in [-0.3, -0.25) is 0 Å². The molecule has 104 valence electrons. The topological polar surface area (TPSA) is 32.5 Å². The second-order valence-electron chi connectivity index (χ2n) is 6.52. The molecule has 0 unspecified atom stereocenters. The molecule has 2 N–H and O–H groups in total. The van der Waals surface area contributed by atoms with Crippen LogP contribution in [0.5, 0.6) is 0 Å². The Kier molecular flexibility index (Phi) is 3.17. The fourth-order valence-corrected chi connectivity index (χ4v) is 3.68. The summed E-state index contributed by atoms with van der Waals surface area (Å²) in [5.74, 6) is 0. The van der Waals surface area contributed by atoms with E-state index in [0.29, 0.717) is 5.41 Å². The maximum absolute atomic E-state index is 5.85. The van der Waals surface area contributed by atoms with Crippen molar-refractivity contribution in [3.63, 3.8) is 0 Å². The number of rotatable bonds is 1. The summed E-state index contributed by atoms with van der Waals surface area (Å²) in [4.78, 5) is 5.03. The van der Waals surface area contributed by atoms with E-state index in [-0.39, 0.29) is 0 Å². The molecular weight excluding hydrogens is 234 g/mol. The molecule has 0 amide bonds. The van der Waals surface area contributed by atoms with Gasteiger partial charge in [0.15, 0.2) is 0 Å². The zero-order chi connectivity index (χ0) is 13.5. The summed E-state index contributed by atoms with van der Waals surface area (Å²) in [6.07, 6.45) is 4.06. The number of piperidine rings is 1. The van der Waals surface area contributed by atoms with Gasteiger partial charge in [-0.25, -0.2) is 0 Å². The maximum Gasteiger partial charge on any atom is 0.0397 e. The summed E-state index contributed by atoms with van der Waals surface area (Å²) in [7, 11) is 2.24. The zero-order valence-corrected chi connectivity index (χ0v) is 12.2. The van der Waals surface area contributed by atoms with Crippen LogP contribution in [0.15, 0.2) is 18.2 Å². The molecule has 2 heterocycles.